The summed E-state index contributed by atoms with van der Waals surface area (Å²) < 4.78 is 12.4. The van der Waals surface area contributed by atoms with E-state index in [1.807, 2.05) is 66.3 Å². The molecule has 0 saturated carbocycles. The largest absolute Gasteiger partial charge is 0.493 e. The Morgan fingerprint density at radius 2 is 1.67 bits per heavy atom. The summed E-state index contributed by atoms with van der Waals surface area (Å²) in [7, 11) is 3.16. The number of nitrogens with zero attached hydrogens (tertiary/aromatic N) is 2. The molecule has 0 saturated heterocycles. The van der Waals surface area contributed by atoms with Crippen LogP contribution in [0.1, 0.15) is 22.8 Å². The minimum Gasteiger partial charge on any atom is -0.493 e. The molecule has 27 heavy (non-hydrogen) atoms. The van der Waals surface area contributed by atoms with Gasteiger partial charge in [-0.1, -0.05) is 12.1 Å². The van der Waals surface area contributed by atoms with E-state index in [1.165, 1.54) is 0 Å². The van der Waals surface area contributed by atoms with Crippen molar-refractivity contribution in [1.29, 1.82) is 0 Å². The van der Waals surface area contributed by atoms with Gasteiger partial charge in [0, 0.05) is 18.0 Å². The Balaban J connectivity index is 1.81. The normalized spacial score (nSPS) is 11.1. The highest BCUT2D eigenvalue weighted by Crippen LogP contribution is 2.27. The zero-order chi connectivity index (χ0) is 19.2. The number of methoxy groups -OCH3 is 2. The first-order valence-electron chi connectivity index (χ1n) is 8.43. The van der Waals surface area contributed by atoms with Gasteiger partial charge in [-0.15, -0.1) is 0 Å². The van der Waals surface area contributed by atoms with E-state index in [9.17, 15) is 4.79 Å². The Morgan fingerprint density at radius 1 is 0.963 bits per heavy atom. The third-order valence-electron chi connectivity index (χ3n) is 4.16. The molecule has 3 rings (SSSR count). The lowest BCUT2D eigenvalue weighted by molar-refractivity contribution is 0.0955. The first-order chi connectivity index (χ1) is 13.1. The topological polar surface area (TPSA) is 64.8 Å². The Bertz CT molecular complexity index is 963. The van der Waals surface area contributed by atoms with E-state index in [4.69, 9.17) is 9.47 Å². The van der Waals surface area contributed by atoms with Crippen LogP contribution >= 0.6 is 0 Å². The first-order valence-corrected chi connectivity index (χ1v) is 8.43. The van der Waals surface area contributed by atoms with Crippen LogP contribution in [0, 0.1) is 0 Å². The van der Waals surface area contributed by atoms with Crippen LogP contribution in [0.4, 0.5) is 0 Å². The lowest BCUT2D eigenvalue weighted by atomic mass is 10.1. The standard InChI is InChI=1S/C21H21N3O3/c1-15(16-10-11-19(26-2)20(14-16)27-3)22-23-21(25)17-8-4-5-9-18(17)24-12-6-7-13-24/h4-14H,1-3H3,(H,23,25)/b22-15+. The van der Waals surface area contributed by atoms with Crippen molar-refractivity contribution >= 4 is 11.6 Å². The quantitative estimate of drug-likeness (QED) is 0.537. The highest BCUT2D eigenvalue weighted by atomic mass is 16.5. The Labute approximate surface area is 158 Å². The Kier molecular flexibility index (Phi) is 5.56. The summed E-state index contributed by atoms with van der Waals surface area (Å²) in [5.41, 5.74) is 5.44. The zero-order valence-corrected chi connectivity index (χ0v) is 15.5. The molecule has 0 aliphatic heterocycles. The number of carbonyl (C=O) groups is 1. The molecule has 1 N–H and O–H groups in total. The van der Waals surface area contributed by atoms with Crippen LogP contribution in [0.25, 0.3) is 5.69 Å². The van der Waals surface area contributed by atoms with Crippen molar-refractivity contribution in [2.24, 2.45) is 5.10 Å². The molecule has 0 aliphatic rings. The van der Waals surface area contributed by atoms with Crippen molar-refractivity contribution in [3.8, 4) is 17.2 Å². The second kappa shape index (κ2) is 8.23. The van der Waals surface area contributed by atoms with Gasteiger partial charge in [-0.3, -0.25) is 4.79 Å². The third-order valence-corrected chi connectivity index (χ3v) is 4.16. The maximum atomic E-state index is 12.6. The van der Waals surface area contributed by atoms with Gasteiger partial charge in [0.05, 0.1) is 31.2 Å². The van der Waals surface area contributed by atoms with Crippen molar-refractivity contribution in [1.82, 2.24) is 9.99 Å². The molecular weight excluding hydrogens is 342 g/mol. The van der Waals surface area contributed by atoms with Gasteiger partial charge < -0.3 is 14.0 Å². The van der Waals surface area contributed by atoms with Crippen molar-refractivity contribution in [2.75, 3.05) is 14.2 Å². The number of benzene rings is 2. The summed E-state index contributed by atoms with van der Waals surface area (Å²) in [5, 5.41) is 4.24. The van der Waals surface area contributed by atoms with Gasteiger partial charge >= 0.3 is 0 Å². The molecule has 138 valence electrons. The van der Waals surface area contributed by atoms with Crippen LogP contribution in [0.2, 0.25) is 0 Å². The predicted octanol–water partition coefficient (Wildman–Crippen LogP) is 3.65. The van der Waals surface area contributed by atoms with Gasteiger partial charge in [0.2, 0.25) is 0 Å². The number of hydrogen-bond acceptors (Lipinski definition) is 4. The predicted molar refractivity (Wildman–Crippen MR) is 105 cm³/mol. The number of carbonyl (C=O) groups excluding carboxylic acids is 1. The molecule has 1 heterocycles. The molecule has 2 aromatic carbocycles. The van der Waals surface area contributed by atoms with E-state index < -0.39 is 0 Å². The molecule has 0 unspecified atom stereocenters. The molecule has 3 aromatic rings. The van der Waals surface area contributed by atoms with Crippen LogP contribution in [-0.4, -0.2) is 30.4 Å². The van der Waals surface area contributed by atoms with Gasteiger partial charge in [0.1, 0.15) is 0 Å². The number of para-hydroxylation sites is 1. The molecule has 0 aliphatic carbocycles. The number of rotatable bonds is 6. The summed E-state index contributed by atoms with van der Waals surface area (Å²) >= 11 is 0. The van der Waals surface area contributed by atoms with Crippen LogP contribution in [0.5, 0.6) is 11.5 Å². The van der Waals surface area contributed by atoms with E-state index in [-0.39, 0.29) is 5.91 Å². The Morgan fingerprint density at radius 3 is 2.37 bits per heavy atom. The molecule has 6 nitrogen and oxygen atoms in total. The number of aromatic nitrogens is 1. The average Bonchev–Trinajstić information content (AvgIpc) is 3.25. The van der Waals surface area contributed by atoms with E-state index >= 15 is 0 Å². The number of ether oxygens (including phenoxy) is 2. The van der Waals surface area contributed by atoms with E-state index in [0.717, 1.165) is 11.3 Å². The number of nitrogens with one attached hydrogen (secondary N) is 1. The second-order valence-electron chi connectivity index (χ2n) is 5.82. The summed E-state index contributed by atoms with van der Waals surface area (Å²) in [6.07, 6.45) is 3.79. The maximum absolute atomic E-state index is 12.6. The summed E-state index contributed by atoms with van der Waals surface area (Å²) in [6, 6.07) is 16.7. The van der Waals surface area contributed by atoms with Gasteiger partial charge in [0.15, 0.2) is 11.5 Å². The summed E-state index contributed by atoms with van der Waals surface area (Å²) in [6.45, 7) is 1.82. The second-order valence-corrected chi connectivity index (χ2v) is 5.82. The summed E-state index contributed by atoms with van der Waals surface area (Å²) in [4.78, 5) is 12.6. The summed E-state index contributed by atoms with van der Waals surface area (Å²) in [5.74, 6) is 0.965. The SMILES string of the molecule is COc1ccc(/C(C)=N/NC(=O)c2ccccc2-n2cccc2)cc1OC. The van der Waals surface area contributed by atoms with Gasteiger partial charge in [0.25, 0.3) is 5.91 Å². The zero-order valence-electron chi connectivity index (χ0n) is 15.5. The van der Waals surface area contributed by atoms with Crippen LogP contribution < -0.4 is 14.9 Å². The lowest BCUT2D eigenvalue weighted by Crippen LogP contribution is -2.21. The van der Waals surface area contributed by atoms with Gasteiger partial charge in [-0.05, 0) is 49.4 Å². The molecule has 1 aromatic heterocycles. The van der Waals surface area contributed by atoms with Crippen LogP contribution in [0.3, 0.4) is 0 Å². The number of amides is 1. The lowest BCUT2D eigenvalue weighted by Gasteiger charge is -2.11. The average molecular weight is 363 g/mol. The fourth-order valence-electron chi connectivity index (χ4n) is 2.71. The van der Waals surface area contributed by atoms with Gasteiger partial charge in [-0.25, -0.2) is 5.43 Å². The van der Waals surface area contributed by atoms with Crippen molar-refractivity contribution in [2.45, 2.75) is 6.92 Å². The monoisotopic (exact) mass is 363 g/mol. The smallest absolute Gasteiger partial charge is 0.273 e. The molecule has 0 spiro atoms. The molecule has 0 atom stereocenters. The molecule has 6 heteroatoms. The fraction of sp³-hybridized carbons (Fsp3) is 0.143. The third kappa shape index (κ3) is 4.00. The van der Waals surface area contributed by atoms with Crippen LogP contribution in [-0.2, 0) is 0 Å². The highest BCUT2D eigenvalue weighted by molar-refractivity contribution is 6.02. The van der Waals surface area contributed by atoms with E-state index in [0.29, 0.717) is 22.8 Å². The molecule has 0 radical (unpaired) electrons. The van der Waals surface area contributed by atoms with Crippen molar-refractivity contribution in [3.05, 3.63) is 78.1 Å². The van der Waals surface area contributed by atoms with Gasteiger partial charge in [-0.2, -0.15) is 5.10 Å². The molecule has 0 fully saturated rings. The van der Waals surface area contributed by atoms with Crippen molar-refractivity contribution < 1.29 is 14.3 Å². The van der Waals surface area contributed by atoms with E-state index in [1.54, 1.807) is 26.4 Å². The molecule has 0 bridgehead atoms. The number of hydrazone groups is 1. The molecule has 1 amide bonds. The minimum atomic E-state index is -0.279. The number of hydrogen-bond donors (Lipinski definition) is 1. The minimum absolute atomic E-state index is 0.279. The Hall–Kier alpha value is -3.54. The fourth-order valence-corrected chi connectivity index (χ4v) is 2.71. The highest BCUT2D eigenvalue weighted by Gasteiger charge is 2.12. The molecular formula is C21H21N3O3. The van der Waals surface area contributed by atoms with Crippen molar-refractivity contribution in [3.63, 3.8) is 0 Å². The van der Waals surface area contributed by atoms with Crippen LogP contribution in [0.15, 0.2) is 72.1 Å². The maximum Gasteiger partial charge on any atom is 0.273 e. The van der Waals surface area contributed by atoms with E-state index in [2.05, 4.69) is 10.5 Å². The first kappa shape index (κ1) is 18.3.